The lowest BCUT2D eigenvalue weighted by atomic mass is 9.88. The first-order chi connectivity index (χ1) is 7.08. The van der Waals surface area contributed by atoms with Gasteiger partial charge in [0.2, 0.25) is 8.32 Å². The third kappa shape index (κ3) is 5.95. The van der Waals surface area contributed by atoms with Crippen LogP contribution in [0.25, 0.3) is 0 Å². The Morgan fingerprint density at radius 1 is 1.31 bits per heavy atom. The topological polar surface area (TPSA) is 35.5 Å². The molecule has 0 rings (SSSR count). The van der Waals surface area contributed by atoms with Crippen molar-refractivity contribution in [3.8, 4) is 0 Å². The lowest BCUT2D eigenvalue weighted by molar-refractivity contribution is -0.145. The van der Waals surface area contributed by atoms with E-state index in [0.29, 0.717) is 18.8 Å². The monoisotopic (exact) mass is 244 g/mol. The lowest BCUT2D eigenvalue weighted by Gasteiger charge is -2.31. The molecule has 0 amide bonds. The molecule has 0 aromatic carbocycles. The predicted molar refractivity (Wildman–Crippen MR) is 68.6 cm³/mol. The predicted octanol–water partition coefficient (Wildman–Crippen LogP) is 3.33. The van der Waals surface area contributed by atoms with Crippen LogP contribution in [0.4, 0.5) is 0 Å². The van der Waals surface area contributed by atoms with Gasteiger partial charge in [0.1, 0.15) is 0 Å². The molecular weight excluding hydrogens is 220 g/mol. The van der Waals surface area contributed by atoms with Crippen molar-refractivity contribution in [2.45, 2.75) is 46.8 Å². The second-order valence-electron chi connectivity index (χ2n) is 5.50. The standard InChI is InChI=1S/C12H24O3Si/c1-8-14-11(13)9-12(3,4)10(2)15-16(5,6)7/h2,8-9H2,1,3-7H3. The van der Waals surface area contributed by atoms with Crippen molar-refractivity contribution in [1.29, 1.82) is 0 Å². The van der Waals surface area contributed by atoms with E-state index in [0.717, 1.165) is 0 Å². The van der Waals surface area contributed by atoms with Crippen LogP contribution in [0.2, 0.25) is 19.6 Å². The van der Waals surface area contributed by atoms with Gasteiger partial charge >= 0.3 is 5.97 Å². The van der Waals surface area contributed by atoms with Gasteiger partial charge in [-0.1, -0.05) is 20.4 Å². The molecule has 0 heterocycles. The lowest BCUT2D eigenvalue weighted by Crippen LogP contribution is -2.31. The van der Waals surface area contributed by atoms with Crippen molar-refractivity contribution >= 4 is 14.3 Å². The first-order valence-corrected chi connectivity index (χ1v) is 9.03. The Balaban J connectivity index is 4.42. The molecule has 0 saturated heterocycles. The molecule has 16 heavy (non-hydrogen) atoms. The van der Waals surface area contributed by atoms with Crippen molar-refractivity contribution in [1.82, 2.24) is 0 Å². The summed E-state index contributed by atoms with van der Waals surface area (Å²) in [6, 6.07) is 0. The number of esters is 1. The number of carbonyl (C=O) groups excluding carboxylic acids is 1. The molecule has 0 aliphatic heterocycles. The Morgan fingerprint density at radius 2 is 1.81 bits per heavy atom. The highest BCUT2D eigenvalue weighted by molar-refractivity contribution is 6.70. The van der Waals surface area contributed by atoms with Crippen molar-refractivity contribution in [2.24, 2.45) is 5.41 Å². The Bertz CT molecular complexity index is 264. The van der Waals surface area contributed by atoms with Crippen LogP contribution in [0, 0.1) is 5.41 Å². The maximum atomic E-state index is 11.4. The van der Waals surface area contributed by atoms with Crippen LogP contribution in [0.1, 0.15) is 27.2 Å². The van der Waals surface area contributed by atoms with Gasteiger partial charge in [-0.2, -0.15) is 0 Å². The summed E-state index contributed by atoms with van der Waals surface area (Å²) in [7, 11) is -1.65. The molecule has 94 valence electrons. The Kier molecular flexibility index (Phi) is 5.26. The SMILES string of the molecule is C=C(O[Si](C)(C)C)C(C)(C)CC(=O)OCC. The molecule has 0 fully saturated rings. The summed E-state index contributed by atoms with van der Waals surface area (Å²) in [5.74, 6) is 0.479. The molecule has 0 spiro atoms. The highest BCUT2D eigenvalue weighted by atomic mass is 28.4. The van der Waals surface area contributed by atoms with Gasteiger partial charge in [0, 0.05) is 5.41 Å². The fourth-order valence-corrected chi connectivity index (χ4v) is 2.19. The minimum absolute atomic E-state index is 0.201. The minimum Gasteiger partial charge on any atom is -0.547 e. The average Bonchev–Trinajstić information content (AvgIpc) is 1.99. The molecule has 0 atom stereocenters. The highest BCUT2D eigenvalue weighted by Crippen LogP contribution is 2.32. The van der Waals surface area contributed by atoms with Gasteiger partial charge in [-0.3, -0.25) is 4.79 Å². The first kappa shape index (κ1) is 15.2. The molecule has 0 saturated carbocycles. The number of allylic oxidation sites excluding steroid dienone is 1. The molecule has 0 aliphatic carbocycles. The summed E-state index contributed by atoms with van der Waals surface area (Å²) in [5.41, 5.74) is -0.369. The molecule has 0 unspecified atom stereocenters. The van der Waals surface area contributed by atoms with Gasteiger partial charge in [0.05, 0.1) is 18.8 Å². The zero-order valence-corrected chi connectivity index (χ0v) is 12.3. The molecule has 0 aromatic heterocycles. The second kappa shape index (κ2) is 5.52. The Hall–Kier alpha value is -0.773. The Morgan fingerprint density at radius 3 is 2.19 bits per heavy atom. The zero-order chi connectivity index (χ0) is 13.0. The van der Waals surface area contributed by atoms with Crippen LogP contribution in [0.5, 0.6) is 0 Å². The van der Waals surface area contributed by atoms with E-state index in [1.807, 2.05) is 13.8 Å². The van der Waals surface area contributed by atoms with E-state index in [1.165, 1.54) is 0 Å². The third-order valence-corrected chi connectivity index (χ3v) is 2.93. The fourth-order valence-electron chi connectivity index (χ4n) is 1.18. The molecule has 3 nitrogen and oxygen atoms in total. The number of carbonyl (C=O) groups is 1. The van der Waals surface area contributed by atoms with Crippen LogP contribution in [0.3, 0.4) is 0 Å². The summed E-state index contributed by atoms with van der Waals surface area (Å²) in [5, 5.41) is 0. The van der Waals surface area contributed by atoms with Crippen molar-refractivity contribution in [3.63, 3.8) is 0 Å². The molecule has 0 aromatic rings. The molecule has 0 aliphatic rings. The third-order valence-electron chi connectivity index (χ3n) is 2.08. The molecule has 0 radical (unpaired) electrons. The van der Waals surface area contributed by atoms with E-state index in [9.17, 15) is 4.79 Å². The van der Waals surface area contributed by atoms with Gasteiger partial charge < -0.3 is 9.16 Å². The van der Waals surface area contributed by atoms with E-state index in [4.69, 9.17) is 9.16 Å². The number of hydrogen-bond donors (Lipinski definition) is 0. The van der Waals surface area contributed by atoms with Gasteiger partial charge in [-0.05, 0) is 26.6 Å². The van der Waals surface area contributed by atoms with E-state index >= 15 is 0 Å². The van der Waals surface area contributed by atoms with Gasteiger partial charge in [0.15, 0.2) is 0 Å². The van der Waals surface area contributed by atoms with Gasteiger partial charge in [0.25, 0.3) is 0 Å². The number of hydrogen-bond acceptors (Lipinski definition) is 3. The summed E-state index contributed by atoms with van der Waals surface area (Å²) in [4.78, 5) is 11.4. The summed E-state index contributed by atoms with van der Waals surface area (Å²) in [6.07, 6.45) is 0.310. The molecule has 4 heteroatoms. The quantitative estimate of drug-likeness (QED) is 0.408. The van der Waals surface area contributed by atoms with Crippen LogP contribution >= 0.6 is 0 Å². The zero-order valence-electron chi connectivity index (χ0n) is 11.3. The van der Waals surface area contributed by atoms with Crippen molar-refractivity contribution < 1.29 is 14.0 Å². The summed E-state index contributed by atoms with van der Waals surface area (Å²) >= 11 is 0. The van der Waals surface area contributed by atoms with E-state index in [1.54, 1.807) is 6.92 Å². The van der Waals surface area contributed by atoms with Gasteiger partial charge in [-0.15, -0.1) is 0 Å². The van der Waals surface area contributed by atoms with E-state index in [-0.39, 0.29) is 11.4 Å². The largest absolute Gasteiger partial charge is 0.547 e. The van der Waals surface area contributed by atoms with Crippen LogP contribution in [-0.2, 0) is 14.0 Å². The van der Waals surface area contributed by atoms with Crippen LogP contribution < -0.4 is 0 Å². The van der Waals surface area contributed by atoms with Crippen molar-refractivity contribution in [3.05, 3.63) is 12.3 Å². The molecular formula is C12H24O3Si. The van der Waals surface area contributed by atoms with E-state index < -0.39 is 8.32 Å². The molecule has 0 N–H and O–H groups in total. The minimum atomic E-state index is -1.65. The first-order valence-electron chi connectivity index (χ1n) is 5.62. The van der Waals surface area contributed by atoms with Crippen molar-refractivity contribution in [2.75, 3.05) is 6.61 Å². The smallest absolute Gasteiger partial charge is 0.306 e. The number of rotatable bonds is 6. The van der Waals surface area contributed by atoms with Crippen LogP contribution in [-0.4, -0.2) is 20.9 Å². The van der Waals surface area contributed by atoms with Gasteiger partial charge in [-0.25, -0.2) is 0 Å². The number of ether oxygens (including phenoxy) is 1. The normalized spacial score (nSPS) is 12.1. The average molecular weight is 244 g/mol. The Labute approximate surface area is 100.0 Å². The summed E-state index contributed by atoms with van der Waals surface area (Å²) < 4.78 is 10.8. The fraction of sp³-hybridized carbons (Fsp3) is 0.750. The summed E-state index contributed by atoms with van der Waals surface area (Å²) in [6.45, 7) is 16.3. The van der Waals surface area contributed by atoms with Crippen LogP contribution in [0.15, 0.2) is 12.3 Å². The highest BCUT2D eigenvalue weighted by Gasteiger charge is 2.30. The van der Waals surface area contributed by atoms with E-state index in [2.05, 4.69) is 26.2 Å². The molecule has 0 bridgehead atoms. The maximum absolute atomic E-state index is 11.4. The maximum Gasteiger partial charge on any atom is 0.306 e. The second-order valence-corrected chi connectivity index (χ2v) is 9.93.